The maximum atomic E-state index is 10.7. The molecule has 2 aromatic rings. The number of nitrogens with zero attached hydrogens (tertiary/aromatic N) is 1. The van der Waals surface area contributed by atoms with Gasteiger partial charge in [-0.25, -0.2) is 4.79 Å². The summed E-state index contributed by atoms with van der Waals surface area (Å²) in [5.41, 5.74) is 2.92. The van der Waals surface area contributed by atoms with Crippen LogP contribution in [0.15, 0.2) is 30.3 Å². The number of hydrogen-bond acceptors (Lipinski definition) is 2. The van der Waals surface area contributed by atoms with Crippen LogP contribution in [0.5, 0.6) is 0 Å². The van der Waals surface area contributed by atoms with E-state index in [-0.39, 0.29) is 5.69 Å². The monoisotopic (exact) mass is 216 g/mol. The van der Waals surface area contributed by atoms with E-state index in [0.29, 0.717) is 5.69 Å². The van der Waals surface area contributed by atoms with Crippen LogP contribution in [-0.2, 0) is 6.42 Å². The van der Waals surface area contributed by atoms with Crippen molar-refractivity contribution in [1.82, 2.24) is 10.2 Å². The van der Waals surface area contributed by atoms with Crippen LogP contribution in [0.3, 0.4) is 0 Å². The summed E-state index contributed by atoms with van der Waals surface area (Å²) in [6.45, 7) is 2.09. The molecule has 0 radical (unpaired) electrons. The smallest absolute Gasteiger partial charge is 0.353 e. The zero-order valence-corrected chi connectivity index (χ0v) is 8.90. The lowest BCUT2D eigenvalue weighted by Crippen LogP contribution is -1.95. The largest absolute Gasteiger partial charge is 0.477 e. The second-order valence-corrected chi connectivity index (χ2v) is 3.52. The maximum Gasteiger partial charge on any atom is 0.353 e. The van der Waals surface area contributed by atoms with Crippen molar-refractivity contribution in [2.75, 3.05) is 0 Å². The average Bonchev–Trinajstić information content (AvgIpc) is 2.78. The number of carbonyl (C=O) groups is 1. The van der Waals surface area contributed by atoms with Gasteiger partial charge in [-0.1, -0.05) is 31.2 Å². The third kappa shape index (κ3) is 1.95. The van der Waals surface area contributed by atoms with E-state index in [4.69, 9.17) is 5.11 Å². The lowest BCUT2D eigenvalue weighted by Gasteiger charge is -1.98. The van der Waals surface area contributed by atoms with Gasteiger partial charge < -0.3 is 5.11 Å². The molecule has 4 heteroatoms. The van der Waals surface area contributed by atoms with Crippen molar-refractivity contribution in [2.24, 2.45) is 0 Å². The number of H-pyrrole nitrogens is 1. The van der Waals surface area contributed by atoms with Crippen LogP contribution in [-0.4, -0.2) is 21.3 Å². The Hall–Kier alpha value is -2.10. The van der Waals surface area contributed by atoms with Gasteiger partial charge in [-0.3, -0.25) is 5.10 Å². The van der Waals surface area contributed by atoms with Crippen LogP contribution < -0.4 is 0 Å². The highest BCUT2D eigenvalue weighted by atomic mass is 16.4. The Morgan fingerprint density at radius 2 is 2.06 bits per heavy atom. The molecule has 2 N–H and O–H groups in total. The van der Waals surface area contributed by atoms with Crippen molar-refractivity contribution >= 4 is 5.97 Å². The first-order chi connectivity index (χ1) is 7.70. The van der Waals surface area contributed by atoms with Crippen LogP contribution in [0.4, 0.5) is 0 Å². The molecule has 2 rings (SSSR count). The van der Waals surface area contributed by atoms with Crippen molar-refractivity contribution < 1.29 is 9.90 Å². The van der Waals surface area contributed by atoms with Crippen LogP contribution in [0, 0.1) is 0 Å². The fourth-order valence-corrected chi connectivity index (χ4v) is 1.49. The Morgan fingerprint density at radius 1 is 1.38 bits per heavy atom. The van der Waals surface area contributed by atoms with Crippen molar-refractivity contribution in [1.29, 1.82) is 0 Å². The first kappa shape index (κ1) is 10.4. The Kier molecular flexibility index (Phi) is 2.72. The van der Waals surface area contributed by atoms with E-state index in [0.717, 1.165) is 12.0 Å². The second kappa shape index (κ2) is 4.18. The predicted octanol–water partition coefficient (Wildman–Crippen LogP) is 2.34. The van der Waals surface area contributed by atoms with Gasteiger partial charge in [0, 0.05) is 5.56 Å². The fraction of sp³-hybridized carbons (Fsp3) is 0.167. The third-order valence-electron chi connectivity index (χ3n) is 2.47. The highest BCUT2D eigenvalue weighted by molar-refractivity contribution is 5.86. The molecule has 0 spiro atoms. The Balaban J connectivity index is 2.31. The fourth-order valence-electron chi connectivity index (χ4n) is 1.49. The molecule has 1 aromatic carbocycles. The van der Waals surface area contributed by atoms with Crippen molar-refractivity contribution in [3.63, 3.8) is 0 Å². The zero-order valence-electron chi connectivity index (χ0n) is 8.90. The van der Waals surface area contributed by atoms with E-state index in [2.05, 4.69) is 17.1 Å². The topological polar surface area (TPSA) is 66.0 Å². The normalized spacial score (nSPS) is 10.3. The van der Waals surface area contributed by atoms with Crippen LogP contribution in [0.2, 0.25) is 0 Å². The molecule has 1 aromatic heterocycles. The van der Waals surface area contributed by atoms with E-state index in [1.54, 1.807) is 0 Å². The van der Waals surface area contributed by atoms with Gasteiger partial charge in [0.1, 0.15) is 5.69 Å². The quantitative estimate of drug-likeness (QED) is 0.827. The summed E-state index contributed by atoms with van der Waals surface area (Å²) in [7, 11) is 0. The van der Waals surface area contributed by atoms with Gasteiger partial charge in [0.15, 0.2) is 0 Å². The third-order valence-corrected chi connectivity index (χ3v) is 2.47. The summed E-state index contributed by atoms with van der Waals surface area (Å²) in [6.07, 6.45) is 0.987. The number of aromatic carboxylic acids is 1. The van der Waals surface area contributed by atoms with Gasteiger partial charge in [-0.15, -0.1) is 0 Å². The Bertz CT molecular complexity index is 500. The number of rotatable bonds is 3. The maximum absolute atomic E-state index is 10.7. The van der Waals surface area contributed by atoms with Gasteiger partial charge in [-0.2, -0.15) is 5.10 Å². The summed E-state index contributed by atoms with van der Waals surface area (Å²) >= 11 is 0. The van der Waals surface area contributed by atoms with Gasteiger partial charge in [0.05, 0.1) is 5.69 Å². The first-order valence-electron chi connectivity index (χ1n) is 5.08. The molecule has 0 aliphatic heterocycles. The lowest BCUT2D eigenvalue weighted by atomic mass is 10.1. The number of benzene rings is 1. The minimum atomic E-state index is -0.996. The minimum Gasteiger partial charge on any atom is -0.477 e. The number of aromatic nitrogens is 2. The molecule has 0 fully saturated rings. The van der Waals surface area contributed by atoms with E-state index >= 15 is 0 Å². The molecule has 0 amide bonds. The Labute approximate surface area is 92.9 Å². The zero-order chi connectivity index (χ0) is 11.5. The van der Waals surface area contributed by atoms with Crippen molar-refractivity contribution in [2.45, 2.75) is 13.3 Å². The molecule has 0 unspecified atom stereocenters. The SMILES string of the molecule is CCc1ccc(-c2cc(C(=O)O)[nH]n2)cc1. The standard InChI is InChI=1S/C12H12N2O2/c1-2-8-3-5-9(6-4-8)10-7-11(12(15)16)14-13-10/h3-7H,2H2,1H3,(H,13,14)(H,15,16). The van der Waals surface area contributed by atoms with Gasteiger partial charge in [0.25, 0.3) is 0 Å². The number of nitrogens with one attached hydrogen (secondary N) is 1. The minimum absolute atomic E-state index is 0.106. The summed E-state index contributed by atoms with van der Waals surface area (Å²) in [5, 5.41) is 15.2. The van der Waals surface area contributed by atoms with E-state index < -0.39 is 5.97 Å². The number of aryl methyl sites for hydroxylation is 1. The first-order valence-corrected chi connectivity index (χ1v) is 5.08. The van der Waals surface area contributed by atoms with Crippen molar-refractivity contribution in [3.05, 3.63) is 41.6 Å². The second-order valence-electron chi connectivity index (χ2n) is 3.52. The molecule has 82 valence electrons. The van der Waals surface area contributed by atoms with Crippen LogP contribution in [0.25, 0.3) is 11.3 Å². The van der Waals surface area contributed by atoms with Crippen LogP contribution >= 0.6 is 0 Å². The molecule has 0 aliphatic rings. The molecular formula is C12H12N2O2. The average molecular weight is 216 g/mol. The molecule has 0 aliphatic carbocycles. The number of hydrogen-bond donors (Lipinski definition) is 2. The van der Waals surface area contributed by atoms with E-state index in [1.807, 2.05) is 24.3 Å². The summed E-state index contributed by atoms with van der Waals surface area (Å²) in [4.78, 5) is 10.7. The molecule has 0 bridgehead atoms. The lowest BCUT2D eigenvalue weighted by molar-refractivity contribution is 0.0690. The molecule has 0 saturated heterocycles. The highest BCUT2D eigenvalue weighted by Crippen LogP contribution is 2.18. The summed E-state index contributed by atoms with van der Waals surface area (Å²) < 4.78 is 0. The van der Waals surface area contributed by atoms with Crippen LogP contribution in [0.1, 0.15) is 23.0 Å². The summed E-state index contributed by atoms with van der Waals surface area (Å²) in [5.74, 6) is -0.996. The van der Waals surface area contributed by atoms with Crippen molar-refractivity contribution in [3.8, 4) is 11.3 Å². The molecule has 4 nitrogen and oxygen atoms in total. The molecule has 0 saturated carbocycles. The summed E-state index contributed by atoms with van der Waals surface area (Å²) in [6, 6.07) is 9.46. The Morgan fingerprint density at radius 3 is 2.56 bits per heavy atom. The number of aromatic amines is 1. The van der Waals surface area contributed by atoms with Gasteiger partial charge in [0.2, 0.25) is 0 Å². The van der Waals surface area contributed by atoms with E-state index in [9.17, 15) is 4.79 Å². The number of carboxylic acid groups (broad SMARTS) is 1. The van der Waals surface area contributed by atoms with Gasteiger partial charge >= 0.3 is 5.97 Å². The number of carboxylic acids is 1. The molecule has 16 heavy (non-hydrogen) atoms. The van der Waals surface area contributed by atoms with E-state index in [1.165, 1.54) is 11.6 Å². The van der Waals surface area contributed by atoms with Gasteiger partial charge in [-0.05, 0) is 18.1 Å². The highest BCUT2D eigenvalue weighted by Gasteiger charge is 2.08. The molecule has 1 heterocycles. The molecular weight excluding hydrogens is 204 g/mol. The predicted molar refractivity (Wildman–Crippen MR) is 60.4 cm³/mol. The molecule has 0 atom stereocenters.